The number of nitrogens with zero attached hydrogens (tertiary/aromatic N) is 2. The summed E-state index contributed by atoms with van der Waals surface area (Å²) in [6.07, 6.45) is 3.45. The van der Waals surface area contributed by atoms with Crippen molar-refractivity contribution in [3.05, 3.63) is 18.5 Å². The molecule has 2 heterocycles. The number of hydrogen-bond acceptors (Lipinski definition) is 3. The van der Waals surface area contributed by atoms with Gasteiger partial charge in [-0.05, 0) is 13.0 Å². The topological polar surface area (TPSA) is 45.2 Å². The number of carbonyl (C=O) groups excluding carboxylic acids is 1. The van der Waals surface area contributed by atoms with Crippen molar-refractivity contribution in [2.75, 3.05) is 23.3 Å². The highest BCUT2D eigenvalue weighted by molar-refractivity contribution is 6.00. The number of carbonyl (C=O) groups is 1. The van der Waals surface area contributed by atoms with E-state index in [1.165, 1.54) is 0 Å². The van der Waals surface area contributed by atoms with Gasteiger partial charge in [0.25, 0.3) is 0 Å². The Morgan fingerprint density at radius 1 is 1.69 bits per heavy atom. The van der Waals surface area contributed by atoms with Crippen LogP contribution in [0.1, 0.15) is 6.92 Å². The van der Waals surface area contributed by atoms with Crippen LogP contribution in [0.5, 0.6) is 0 Å². The van der Waals surface area contributed by atoms with Crippen molar-refractivity contribution in [3.63, 3.8) is 0 Å². The molecule has 13 heavy (non-hydrogen) atoms. The highest BCUT2D eigenvalue weighted by atomic mass is 16.2. The van der Waals surface area contributed by atoms with Crippen LogP contribution in [-0.2, 0) is 4.79 Å². The first-order valence-corrected chi connectivity index (χ1v) is 4.30. The molecule has 4 heteroatoms. The normalized spacial score (nSPS) is 15.2. The number of anilines is 2. The largest absolute Gasteiger partial charge is 0.360 e. The molecule has 1 N–H and O–H groups in total. The molecule has 0 bridgehead atoms. The first-order chi connectivity index (χ1) is 6.31. The molecule has 0 saturated heterocycles. The lowest BCUT2D eigenvalue weighted by Gasteiger charge is -2.28. The molecule has 2 rings (SSSR count). The maximum Gasteiger partial charge on any atom is 0.243 e. The summed E-state index contributed by atoms with van der Waals surface area (Å²) >= 11 is 0. The maximum atomic E-state index is 11.2. The van der Waals surface area contributed by atoms with Crippen molar-refractivity contribution in [1.29, 1.82) is 0 Å². The van der Waals surface area contributed by atoms with E-state index in [1.54, 1.807) is 12.4 Å². The minimum atomic E-state index is 0.0422. The van der Waals surface area contributed by atoms with Crippen LogP contribution in [0.15, 0.2) is 18.5 Å². The molecule has 0 unspecified atom stereocenters. The molecular formula is C9H11N3O. The number of fused-ring (bicyclic) bond motifs is 1. The van der Waals surface area contributed by atoms with Crippen molar-refractivity contribution in [2.24, 2.45) is 0 Å². The van der Waals surface area contributed by atoms with Gasteiger partial charge >= 0.3 is 0 Å². The SMILES string of the molecule is CCN1CC(=O)Nc2ccncc21. The van der Waals surface area contributed by atoms with Crippen molar-refractivity contribution in [3.8, 4) is 0 Å². The summed E-state index contributed by atoms with van der Waals surface area (Å²) in [7, 11) is 0. The average Bonchev–Trinajstić information content (AvgIpc) is 2.16. The van der Waals surface area contributed by atoms with Crippen LogP contribution in [0.2, 0.25) is 0 Å². The van der Waals surface area contributed by atoms with Crippen molar-refractivity contribution in [2.45, 2.75) is 6.92 Å². The Morgan fingerprint density at radius 2 is 2.54 bits per heavy atom. The quantitative estimate of drug-likeness (QED) is 0.692. The molecule has 4 nitrogen and oxygen atoms in total. The van der Waals surface area contributed by atoms with E-state index in [1.807, 2.05) is 17.9 Å². The minimum Gasteiger partial charge on any atom is -0.360 e. The van der Waals surface area contributed by atoms with Crippen LogP contribution < -0.4 is 10.2 Å². The third kappa shape index (κ3) is 1.35. The molecule has 0 aliphatic carbocycles. The third-order valence-corrected chi connectivity index (χ3v) is 2.13. The number of pyridine rings is 1. The predicted molar refractivity (Wildman–Crippen MR) is 50.8 cm³/mol. The van der Waals surface area contributed by atoms with Crippen LogP contribution in [0.4, 0.5) is 11.4 Å². The Kier molecular flexibility index (Phi) is 1.88. The zero-order valence-corrected chi connectivity index (χ0v) is 7.45. The van der Waals surface area contributed by atoms with Crippen molar-refractivity contribution in [1.82, 2.24) is 4.98 Å². The van der Waals surface area contributed by atoms with Gasteiger partial charge in [-0.25, -0.2) is 0 Å². The van der Waals surface area contributed by atoms with Gasteiger partial charge in [-0.3, -0.25) is 9.78 Å². The van der Waals surface area contributed by atoms with E-state index >= 15 is 0 Å². The molecule has 68 valence electrons. The molecule has 0 radical (unpaired) electrons. The third-order valence-electron chi connectivity index (χ3n) is 2.13. The Balaban J connectivity index is 2.42. The molecule has 0 saturated carbocycles. The molecule has 1 aromatic heterocycles. The number of aromatic nitrogens is 1. The minimum absolute atomic E-state index is 0.0422. The summed E-state index contributed by atoms with van der Waals surface area (Å²) in [6.45, 7) is 3.27. The highest BCUT2D eigenvalue weighted by Gasteiger charge is 2.19. The first-order valence-electron chi connectivity index (χ1n) is 4.30. The maximum absolute atomic E-state index is 11.2. The number of nitrogens with one attached hydrogen (secondary N) is 1. The summed E-state index contributed by atoms with van der Waals surface area (Å²) in [5.74, 6) is 0.0422. The second-order valence-corrected chi connectivity index (χ2v) is 2.96. The van der Waals surface area contributed by atoms with E-state index in [0.29, 0.717) is 6.54 Å². The van der Waals surface area contributed by atoms with Gasteiger partial charge in [0.2, 0.25) is 5.91 Å². The van der Waals surface area contributed by atoms with E-state index in [9.17, 15) is 4.79 Å². The van der Waals surface area contributed by atoms with Crippen LogP contribution in [0, 0.1) is 0 Å². The van der Waals surface area contributed by atoms with Crippen molar-refractivity contribution < 1.29 is 4.79 Å². The molecule has 1 aliphatic heterocycles. The van der Waals surface area contributed by atoms with Gasteiger partial charge in [0.05, 0.1) is 24.1 Å². The lowest BCUT2D eigenvalue weighted by molar-refractivity contribution is -0.115. The molecule has 1 aromatic rings. The Bertz CT molecular complexity index is 337. The zero-order chi connectivity index (χ0) is 9.26. The van der Waals surface area contributed by atoms with E-state index in [0.717, 1.165) is 17.9 Å². The Hall–Kier alpha value is -1.58. The fourth-order valence-corrected chi connectivity index (χ4v) is 1.47. The van der Waals surface area contributed by atoms with Gasteiger partial charge in [-0.15, -0.1) is 0 Å². The van der Waals surface area contributed by atoms with Crippen molar-refractivity contribution >= 4 is 17.3 Å². The second-order valence-electron chi connectivity index (χ2n) is 2.96. The lowest BCUT2D eigenvalue weighted by atomic mass is 10.2. The van der Waals surface area contributed by atoms with E-state index in [-0.39, 0.29) is 5.91 Å². The second kappa shape index (κ2) is 3.05. The summed E-state index contributed by atoms with van der Waals surface area (Å²) in [4.78, 5) is 17.3. The summed E-state index contributed by atoms with van der Waals surface area (Å²) < 4.78 is 0. The van der Waals surface area contributed by atoms with Crippen LogP contribution >= 0.6 is 0 Å². The first kappa shape index (κ1) is 8.04. The zero-order valence-electron chi connectivity index (χ0n) is 7.45. The molecule has 1 aliphatic rings. The average molecular weight is 177 g/mol. The Labute approximate surface area is 76.6 Å². The predicted octanol–water partition coefficient (Wildman–Crippen LogP) is 0.860. The highest BCUT2D eigenvalue weighted by Crippen LogP contribution is 2.26. The van der Waals surface area contributed by atoms with Gasteiger partial charge < -0.3 is 10.2 Å². The summed E-state index contributed by atoms with van der Waals surface area (Å²) in [6, 6.07) is 1.81. The van der Waals surface area contributed by atoms with E-state index in [4.69, 9.17) is 0 Å². The van der Waals surface area contributed by atoms with E-state index < -0.39 is 0 Å². The fourth-order valence-electron chi connectivity index (χ4n) is 1.47. The number of amides is 1. The van der Waals surface area contributed by atoms with Gasteiger partial charge in [-0.2, -0.15) is 0 Å². The monoisotopic (exact) mass is 177 g/mol. The van der Waals surface area contributed by atoms with Crippen LogP contribution in [0.25, 0.3) is 0 Å². The summed E-state index contributed by atoms with van der Waals surface area (Å²) in [5, 5.41) is 2.80. The smallest absolute Gasteiger partial charge is 0.243 e. The van der Waals surface area contributed by atoms with E-state index in [2.05, 4.69) is 10.3 Å². The van der Waals surface area contributed by atoms with Gasteiger partial charge in [0, 0.05) is 12.7 Å². The van der Waals surface area contributed by atoms with Crippen LogP contribution in [0.3, 0.4) is 0 Å². The molecule has 0 aromatic carbocycles. The van der Waals surface area contributed by atoms with Gasteiger partial charge in [0.15, 0.2) is 0 Å². The molecule has 0 fully saturated rings. The standard InChI is InChI=1S/C9H11N3O/c1-2-12-6-9(13)11-7-3-4-10-5-8(7)12/h3-5H,2,6H2,1H3,(H,11,13). The molecule has 1 amide bonds. The molecule has 0 spiro atoms. The fraction of sp³-hybridized carbons (Fsp3) is 0.333. The number of rotatable bonds is 1. The number of hydrogen-bond donors (Lipinski definition) is 1. The summed E-state index contributed by atoms with van der Waals surface area (Å²) in [5.41, 5.74) is 1.86. The van der Waals surface area contributed by atoms with Gasteiger partial charge in [0.1, 0.15) is 0 Å². The number of likely N-dealkylation sites (N-methyl/N-ethyl adjacent to an activating group) is 1. The molecule has 0 atom stereocenters. The Morgan fingerprint density at radius 3 is 3.31 bits per heavy atom. The molecular weight excluding hydrogens is 166 g/mol. The van der Waals surface area contributed by atoms with Crippen LogP contribution in [-0.4, -0.2) is 24.0 Å². The lowest BCUT2D eigenvalue weighted by Crippen LogP contribution is -2.37. The van der Waals surface area contributed by atoms with Gasteiger partial charge in [-0.1, -0.05) is 0 Å².